The summed E-state index contributed by atoms with van der Waals surface area (Å²) in [5.74, 6) is 0.470. The average molecular weight is 617 g/mol. The Hall–Kier alpha value is -2.71. The number of aromatic nitrogens is 1. The molecule has 0 radical (unpaired) electrons. The van der Waals surface area contributed by atoms with E-state index in [1.54, 1.807) is 12.1 Å². The molecule has 2 atom stereocenters. The van der Waals surface area contributed by atoms with Gasteiger partial charge in [-0.2, -0.15) is 0 Å². The Morgan fingerprint density at radius 3 is 2.14 bits per heavy atom. The van der Waals surface area contributed by atoms with E-state index in [0.29, 0.717) is 22.0 Å². The molecule has 222 valence electrons. The van der Waals surface area contributed by atoms with Crippen LogP contribution in [0.2, 0.25) is 10.0 Å². The summed E-state index contributed by atoms with van der Waals surface area (Å²) in [5.41, 5.74) is 5.28. The molecule has 4 aromatic rings. The molecule has 0 spiro atoms. The van der Waals surface area contributed by atoms with Gasteiger partial charge in [-0.1, -0.05) is 54.4 Å². The molecule has 2 aliphatic rings. The maximum absolute atomic E-state index is 12.7. The second-order valence-electron chi connectivity index (χ2n) is 11.7. The summed E-state index contributed by atoms with van der Waals surface area (Å²) in [4.78, 5) is 4.85. The summed E-state index contributed by atoms with van der Waals surface area (Å²) >= 11 is 12.8. The fourth-order valence-corrected chi connectivity index (χ4v) is 6.99. The molecule has 1 saturated carbocycles. The molecule has 3 aromatic carbocycles. The van der Waals surface area contributed by atoms with Crippen LogP contribution in [0.4, 0.5) is 13.2 Å². The first-order valence-electron chi connectivity index (χ1n) is 14.5. The Morgan fingerprint density at radius 2 is 1.52 bits per heavy atom. The minimum Gasteiger partial charge on any atom is -0.406 e. The molecule has 9 heteroatoms. The molecular weight excluding hydrogens is 582 g/mol. The molecule has 1 saturated heterocycles. The molecule has 0 N–H and O–H groups in total. The van der Waals surface area contributed by atoms with E-state index in [-0.39, 0.29) is 5.75 Å². The SMILES string of the molecule is C[C@H]1CC[C@H](n2cc(-c3ccc(OC(F)(F)F)cc3)c3cc(CN4CCN(Cc5c(Cl)cccc5Cl)CC4)ccc32)C1. The topological polar surface area (TPSA) is 20.6 Å². The van der Waals surface area contributed by atoms with Crippen LogP contribution in [0, 0.1) is 5.92 Å². The second-order valence-corrected chi connectivity index (χ2v) is 12.5. The predicted octanol–water partition coefficient (Wildman–Crippen LogP) is 9.19. The van der Waals surface area contributed by atoms with Crippen LogP contribution in [0.1, 0.15) is 43.4 Å². The third kappa shape index (κ3) is 6.60. The van der Waals surface area contributed by atoms with Gasteiger partial charge in [-0.3, -0.25) is 9.80 Å². The van der Waals surface area contributed by atoms with Crippen LogP contribution in [0.25, 0.3) is 22.0 Å². The van der Waals surface area contributed by atoms with E-state index in [0.717, 1.165) is 74.2 Å². The first kappa shape index (κ1) is 29.4. The highest BCUT2D eigenvalue weighted by Crippen LogP contribution is 2.41. The van der Waals surface area contributed by atoms with Crippen molar-refractivity contribution >= 4 is 34.1 Å². The van der Waals surface area contributed by atoms with Crippen molar-refractivity contribution in [2.75, 3.05) is 26.2 Å². The molecule has 4 nitrogen and oxygen atoms in total. The number of hydrogen-bond acceptors (Lipinski definition) is 3. The predicted molar refractivity (Wildman–Crippen MR) is 163 cm³/mol. The lowest BCUT2D eigenvalue weighted by atomic mass is 10.0. The smallest absolute Gasteiger partial charge is 0.406 e. The normalized spacial score (nSPS) is 20.4. The number of hydrogen-bond donors (Lipinski definition) is 0. The summed E-state index contributed by atoms with van der Waals surface area (Å²) in [6.45, 7) is 7.60. The highest BCUT2D eigenvalue weighted by Gasteiger charge is 2.31. The van der Waals surface area contributed by atoms with Crippen LogP contribution in [0.3, 0.4) is 0 Å². The van der Waals surface area contributed by atoms with Crippen molar-refractivity contribution in [1.82, 2.24) is 14.4 Å². The molecule has 1 aromatic heterocycles. The van der Waals surface area contributed by atoms with Gasteiger partial charge < -0.3 is 9.30 Å². The first-order valence-corrected chi connectivity index (χ1v) is 15.3. The third-order valence-corrected chi connectivity index (χ3v) is 9.38. The maximum Gasteiger partial charge on any atom is 0.573 e. The maximum atomic E-state index is 12.7. The molecule has 0 bridgehead atoms. The third-order valence-electron chi connectivity index (χ3n) is 8.67. The van der Waals surface area contributed by atoms with E-state index < -0.39 is 6.36 Å². The van der Waals surface area contributed by atoms with Gasteiger partial charge in [-0.05, 0) is 72.7 Å². The summed E-state index contributed by atoms with van der Waals surface area (Å²) in [6.07, 6.45) is 0.950. The molecule has 42 heavy (non-hydrogen) atoms. The first-order chi connectivity index (χ1) is 20.1. The van der Waals surface area contributed by atoms with Crippen molar-refractivity contribution in [3.63, 3.8) is 0 Å². The van der Waals surface area contributed by atoms with Gasteiger partial charge in [0.25, 0.3) is 0 Å². The number of ether oxygens (including phenoxy) is 1. The van der Waals surface area contributed by atoms with Crippen molar-refractivity contribution in [1.29, 1.82) is 0 Å². The van der Waals surface area contributed by atoms with Crippen LogP contribution in [0.15, 0.2) is 66.9 Å². The second kappa shape index (κ2) is 12.1. The molecule has 2 fully saturated rings. The Kier molecular flexibility index (Phi) is 8.47. The Morgan fingerprint density at radius 1 is 0.857 bits per heavy atom. The van der Waals surface area contributed by atoms with E-state index in [1.807, 2.05) is 18.2 Å². The quantitative estimate of drug-likeness (QED) is 0.207. The molecule has 6 rings (SSSR count). The summed E-state index contributed by atoms with van der Waals surface area (Å²) in [7, 11) is 0. The number of piperazine rings is 1. The van der Waals surface area contributed by atoms with E-state index in [9.17, 15) is 13.2 Å². The lowest BCUT2D eigenvalue weighted by molar-refractivity contribution is -0.274. The zero-order chi connectivity index (χ0) is 29.4. The molecule has 0 unspecified atom stereocenters. The van der Waals surface area contributed by atoms with E-state index in [4.69, 9.17) is 23.2 Å². The highest BCUT2D eigenvalue weighted by molar-refractivity contribution is 6.35. The van der Waals surface area contributed by atoms with Gasteiger partial charge in [0, 0.05) is 83.6 Å². The Labute approximate surface area is 254 Å². The fourth-order valence-electron chi connectivity index (χ4n) is 6.47. The zero-order valence-corrected chi connectivity index (χ0v) is 25.0. The molecular formula is C33H34Cl2F3N3O. The van der Waals surface area contributed by atoms with E-state index >= 15 is 0 Å². The number of halogens is 5. The van der Waals surface area contributed by atoms with Gasteiger partial charge in [-0.25, -0.2) is 0 Å². The van der Waals surface area contributed by atoms with Gasteiger partial charge in [0.05, 0.1) is 0 Å². The molecule has 1 aliphatic heterocycles. The number of benzene rings is 3. The van der Waals surface area contributed by atoms with Crippen LogP contribution in [-0.2, 0) is 13.1 Å². The fraction of sp³-hybridized carbons (Fsp3) is 0.394. The van der Waals surface area contributed by atoms with Crippen molar-refractivity contribution < 1.29 is 17.9 Å². The minimum absolute atomic E-state index is 0.212. The van der Waals surface area contributed by atoms with Gasteiger partial charge in [0.15, 0.2) is 0 Å². The summed E-state index contributed by atoms with van der Waals surface area (Å²) in [5, 5.41) is 2.54. The standard InChI is InChI=1S/C33H34Cl2F3N3O/c1-22-5-9-25(17-22)41-21-28(24-7-10-26(11-8-24)42-33(36,37)38)27-18-23(6-12-32(27)41)19-39-13-15-40(16-14-39)20-29-30(34)3-2-4-31(29)35/h2-4,6-8,10-12,18,21-22,25H,5,9,13-17,19-20H2,1H3/t22-,25-/m0/s1. The van der Waals surface area contributed by atoms with Crippen molar-refractivity contribution in [3.8, 4) is 16.9 Å². The van der Waals surface area contributed by atoms with Crippen LogP contribution < -0.4 is 4.74 Å². The Bertz CT molecular complexity index is 1520. The lowest BCUT2D eigenvalue weighted by Crippen LogP contribution is -2.45. The number of nitrogens with zero attached hydrogens (tertiary/aromatic N) is 3. The van der Waals surface area contributed by atoms with Crippen LogP contribution >= 0.6 is 23.2 Å². The minimum atomic E-state index is -4.71. The van der Waals surface area contributed by atoms with E-state index in [2.05, 4.69) is 50.4 Å². The molecule has 1 aliphatic carbocycles. The summed E-state index contributed by atoms with van der Waals surface area (Å²) < 4.78 is 44.7. The monoisotopic (exact) mass is 615 g/mol. The highest BCUT2D eigenvalue weighted by atomic mass is 35.5. The number of rotatable bonds is 7. The molecule has 0 amide bonds. The number of alkyl halides is 3. The summed E-state index contributed by atoms with van der Waals surface area (Å²) in [6, 6.07) is 19.0. The zero-order valence-electron chi connectivity index (χ0n) is 23.5. The largest absolute Gasteiger partial charge is 0.573 e. The van der Waals surface area contributed by atoms with Crippen LogP contribution in [-0.4, -0.2) is 46.9 Å². The van der Waals surface area contributed by atoms with Crippen molar-refractivity contribution in [2.24, 2.45) is 5.92 Å². The average Bonchev–Trinajstić information content (AvgIpc) is 3.55. The van der Waals surface area contributed by atoms with Gasteiger partial charge in [0.2, 0.25) is 0 Å². The van der Waals surface area contributed by atoms with Gasteiger partial charge >= 0.3 is 6.36 Å². The van der Waals surface area contributed by atoms with Crippen molar-refractivity contribution in [3.05, 3.63) is 88.0 Å². The van der Waals surface area contributed by atoms with E-state index in [1.165, 1.54) is 29.6 Å². The van der Waals surface area contributed by atoms with Gasteiger partial charge in [0.1, 0.15) is 5.75 Å². The lowest BCUT2D eigenvalue weighted by Gasteiger charge is -2.35. The Balaban J connectivity index is 1.21. The van der Waals surface area contributed by atoms with Gasteiger partial charge in [-0.15, -0.1) is 13.2 Å². The van der Waals surface area contributed by atoms with Crippen LogP contribution in [0.5, 0.6) is 5.75 Å². The van der Waals surface area contributed by atoms with Crippen molar-refractivity contribution in [2.45, 2.75) is 51.7 Å². The molecule has 2 heterocycles. The number of fused-ring (bicyclic) bond motifs is 1.